The third-order valence-corrected chi connectivity index (χ3v) is 4.21. The summed E-state index contributed by atoms with van der Waals surface area (Å²) in [4.78, 5) is 0. The van der Waals surface area contributed by atoms with Crippen LogP contribution in [-0.2, 0) is 10.8 Å². The summed E-state index contributed by atoms with van der Waals surface area (Å²) >= 11 is 6.37. The fraction of sp³-hybridized carbons (Fsp3) is 0.600. The maximum atomic E-state index is 6.37. The Bertz CT molecular complexity index is 458. The van der Waals surface area contributed by atoms with Gasteiger partial charge in [-0.25, -0.2) is 0 Å². The standard InChI is InChI=1S/C15H22ClNO/c1-14(2,3)10-7-11(15(9-17)5-6-15)13(18-4)12(16)8-10/h7-8H,5-6,9,17H2,1-4H3. The van der Waals surface area contributed by atoms with E-state index in [2.05, 4.69) is 26.8 Å². The van der Waals surface area contributed by atoms with Crippen LogP contribution >= 0.6 is 11.6 Å². The molecule has 2 rings (SSSR count). The first-order chi connectivity index (χ1) is 8.34. The normalized spacial score (nSPS) is 17.7. The summed E-state index contributed by atoms with van der Waals surface area (Å²) < 4.78 is 5.48. The Morgan fingerprint density at radius 2 is 1.94 bits per heavy atom. The van der Waals surface area contributed by atoms with E-state index in [0.717, 1.165) is 18.6 Å². The Labute approximate surface area is 114 Å². The molecular weight excluding hydrogens is 246 g/mol. The quantitative estimate of drug-likeness (QED) is 0.908. The fourth-order valence-electron chi connectivity index (χ4n) is 2.36. The molecule has 0 radical (unpaired) electrons. The molecule has 0 heterocycles. The Kier molecular flexibility index (Phi) is 3.37. The van der Waals surface area contributed by atoms with E-state index in [1.165, 1.54) is 11.1 Å². The first kappa shape index (κ1) is 13.7. The Morgan fingerprint density at radius 3 is 2.33 bits per heavy atom. The fourth-order valence-corrected chi connectivity index (χ4v) is 2.66. The molecule has 0 aliphatic heterocycles. The van der Waals surface area contributed by atoms with E-state index in [-0.39, 0.29) is 10.8 Å². The average Bonchev–Trinajstić information content (AvgIpc) is 3.07. The number of hydrogen-bond acceptors (Lipinski definition) is 2. The second kappa shape index (κ2) is 4.43. The van der Waals surface area contributed by atoms with Gasteiger partial charge in [-0.05, 0) is 29.9 Å². The summed E-state index contributed by atoms with van der Waals surface area (Å²) in [5.41, 5.74) is 8.53. The van der Waals surface area contributed by atoms with Gasteiger partial charge in [-0.2, -0.15) is 0 Å². The smallest absolute Gasteiger partial charge is 0.141 e. The lowest BCUT2D eigenvalue weighted by Crippen LogP contribution is -2.22. The van der Waals surface area contributed by atoms with Crippen LogP contribution in [0.2, 0.25) is 5.02 Å². The summed E-state index contributed by atoms with van der Waals surface area (Å²) in [6.07, 6.45) is 2.26. The molecule has 1 aromatic rings. The SMILES string of the molecule is COc1c(Cl)cc(C(C)(C)C)cc1C1(CN)CC1. The molecule has 1 fully saturated rings. The molecule has 2 nitrogen and oxygen atoms in total. The van der Waals surface area contributed by atoms with E-state index >= 15 is 0 Å². The van der Waals surface area contributed by atoms with E-state index in [9.17, 15) is 0 Å². The summed E-state index contributed by atoms with van der Waals surface area (Å²) in [5, 5.41) is 0.694. The molecule has 100 valence electrons. The lowest BCUT2D eigenvalue weighted by molar-refractivity contribution is 0.403. The summed E-state index contributed by atoms with van der Waals surface area (Å²) in [6, 6.07) is 4.24. The van der Waals surface area contributed by atoms with Gasteiger partial charge in [-0.3, -0.25) is 0 Å². The summed E-state index contributed by atoms with van der Waals surface area (Å²) in [6.45, 7) is 7.23. The van der Waals surface area contributed by atoms with Crippen molar-refractivity contribution >= 4 is 11.6 Å². The van der Waals surface area contributed by atoms with Gasteiger partial charge in [0.1, 0.15) is 5.75 Å². The van der Waals surface area contributed by atoms with E-state index in [1.807, 2.05) is 6.07 Å². The van der Waals surface area contributed by atoms with Crippen molar-refractivity contribution in [2.45, 2.75) is 44.4 Å². The molecule has 3 heteroatoms. The van der Waals surface area contributed by atoms with Gasteiger partial charge in [-0.1, -0.05) is 38.4 Å². The second-order valence-electron chi connectivity index (χ2n) is 6.27. The van der Waals surface area contributed by atoms with Crippen molar-refractivity contribution in [2.24, 2.45) is 5.73 Å². The average molecular weight is 268 g/mol. The van der Waals surface area contributed by atoms with Crippen LogP contribution in [0.4, 0.5) is 0 Å². The predicted octanol–water partition coefficient (Wildman–Crippen LogP) is 3.64. The van der Waals surface area contributed by atoms with Crippen LogP contribution in [-0.4, -0.2) is 13.7 Å². The number of hydrogen-bond donors (Lipinski definition) is 1. The van der Waals surface area contributed by atoms with Crippen molar-refractivity contribution in [3.05, 3.63) is 28.3 Å². The van der Waals surface area contributed by atoms with Crippen molar-refractivity contribution in [1.82, 2.24) is 0 Å². The molecule has 0 saturated heterocycles. The zero-order chi connectivity index (χ0) is 13.6. The third-order valence-electron chi connectivity index (χ3n) is 3.93. The van der Waals surface area contributed by atoms with Crippen molar-refractivity contribution < 1.29 is 4.74 Å². The van der Waals surface area contributed by atoms with Crippen LogP contribution in [0.1, 0.15) is 44.7 Å². The number of ether oxygens (including phenoxy) is 1. The number of rotatable bonds is 3. The molecule has 1 aromatic carbocycles. The second-order valence-corrected chi connectivity index (χ2v) is 6.68. The first-order valence-electron chi connectivity index (χ1n) is 6.42. The highest BCUT2D eigenvalue weighted by Gasteiger charge is 2.45. The van der Waals surface area contributed by atoms with Gasteiger partial charge in [0.2, 0.25) is 0 Å². The molecule has 1 aliphatic carbocycles. The van der Waals surface area contributed by atoms with Gasteiger partial charge < -0.3 is 10.5 Å². The molecule has 0 spiro atoms. The minimum atomic E-state index is 0.0787. The zero-order valence-corrected chi connectivity index (χ0v) is 12.4. The highest BCUT2D eigenvalue weighted by molar-refractivity contribution is 6.32. The van der Waals surface area contributed by atoms with Crippen LogP contribution < -0.4 is 10.5 Å². The number of methoxy groups -OCH3 is 1. The van der Waals surface area contributed by atoms with E-state index in [1.54, 1.807) is 7.11 Å². The van der Waals surface area contributed by atoms with Crippen LogP contribution in [0.3, 0.4) is 0 Å². The molecule has 0 amide bonds. The van der Waals surface area contributed by atoms with Gasteiger partial charge in [0, 0.05) is 17.5 Å². The van der Waals surface area contributed by atoms with E-state index < -0.39 is 0 Å². The number of benzene rings is 1. The van der Waals surface area contributed by atoms with Crippen molar-refractivity contribution in [2.75, 3.05) is 13.7 Å². The van der Waals surface area contributed by atoms with Crippen LogP contribution in [0.5, 0.6) is 5.75 Å². The Morgan fingerprint density at radius 1 is 1.33 bits per heavy atom. The Hall–Kier alpha value is -0.730. The summed E-state index contributed by atoms with van der Waals surface area (Å²) in [7, 11) is 1.67. The predicted molar refractivity (Wildman–Crippen MR) is 76.7 cm³/mol. The van der Waals surface area contributed by atoms with Gasteiger partial charge in [0.15, 0.2) is 0 Å². The minimum absolute atomic E-state index is 0.0787. The highest BCUT2D eigenvalue weighted by atomic mass is 35.5. The van der Waals surface area contributed by atoms with Crippen molar-refractivity contribution in [3.8, 4) is 5.75 Å². The van der Waals surface area contributed by atoms with Gasteiger partial charge in [0.25, 0.3) is 0 Å². The van der Waals surface area contributed by atoms with Gasteiger partial charge >= 0.3 is 0 Å². The highest BCUT2D eigenvalue weighted by Crippen LogP contribution is 2.52. The van der Waals surface area contributed by atoms with E-state index in [4.69, 9.17) is 22.1 Å². The summed E-state index contributed by atoms with van der Waals surface area (Å²) in [5.74, 6) is 0.799. The monoisotopic (exact) mass is 267 g/mol. The van der Waals surface area contributed by atoms with Gasteiger partial charge in [-0.15, -0.1) is 0 Å². The lowest BCUT2D eigenvalue weighted by atomic mass is 9.83. The molecule has 2 N–H and O–H groups in total. The van der Waals surface area contributed by atoms with Crippen LogP contribution in [0.15, 0.2) is 12.1 Å². The van der Waals surface area contributed by atoms with E-state index in [0.29, 0.717) is 11.6 Å². The molecule has 0 bridgehead atoms. The van der Waals surface area contributed by atoms with Gasteiger partial charge in [0.05, 0.1) is 12.1 Å². The number of halogens is 1. The third kappa shape index (κ3) is 2.24. The van der Waals surface area contributed by atoms with Crippen molar-refractivity contribution in [1.29, 1.82) is 0 Å². The first-order valence-corrected chi connectivity index (χ1v) is 6.80. The molecule has 0 unspecified atom stereocenters. The topological polar surface area (TPSA) is 35.2 Å². The maximum Gasteiger partial charge on any atom is 0.141 e. The van der Waals surface area contributed by atoms with Crippen LogP contribution in [0.25, 0.3) is 0 Å². The molecule has 0 aromatic heterocycles. The minimum Gasteiger partial charge on any atom is -0.495 e. The van der Waals surface area contributed by atoms with Crippen molar-refractivity contribution in [3.63, 3.8) is 0 Å². The maximum absolute atomic E-state index is 6.37. The molecule has 1 saturated carbocycles. The van der Waals surface area contributed by atoms with Crippen LogP contribution in [0, 0.1) is 0 Å². The number of nitrogens with two attached hydrogens (primary N) is 1. The molecule has 18 heavy (non-hydrogen) atoms. The molecule has 1 aliphatic rings. The Balaban J connectivity index is 2.59. The largest absolute Gasteiger partial charge is 0.495 e. The molecule has 0 atom stereocenters. The zero-order valence-electron chi connectivity index (χ0n) is 11.6. The lowest BCUT2D eigenvalue weighted by Gasteiger charge is -2.25. The molecular formula is C15H22ClNO.